The van der Waals surface area contributed by atoms with Crippen LogP contribution in [0.4, 0.5) is 0 Å². The summed E-state index contributed by atoms with van der Waals surface area (Å²) in [6, 6.07) is 3.75. The molecule has 0 aromatic heterocycles. The molecule has 4 nitrogen and oxygen atoms in total. The maximum atomic E-state index is 8.61. The van der Waals surface area contributed by atoms with Gasteiger partial charge >= 0.3 is 0 Å². The molecule has 0 atom stereocenters. The molecule has 4 heteroatoms. The molecule has 0 aliphatic rings. The van der Waals surface area contributed by atoms with E-state index in [0.717, 1.165) is 22.4 Å². The third-order valence-electron chi connectivity index (χ3n) is 2.21. The Kier molecular flexibility index (Phi) is 3.55. The Labute approximate surface area is 89.4 Å². The summed E-state index contributed by atoms with van der Waals surface area (Å²) in [6.07, 6.45) is 0. The third-order valence-corrected chi connectivity index (χ3v) is 2.21. The lowest BCUT2D eigenvalue weighted by atomic mass is 10.0. The van der Waals surface area contributed by atoms with E-state index in [4.69, 9.17) is 15.7 Å². The molecule has 3 N–H and O–H groups in total. The summed E-state index contributed by atoms with van der Waals surface area (Å²) in [4.78, 5) is 0. The minimum absolute atomic E-state index is 0.124. The molecule has 82 valence electrons. The molecule has 0 aliphatic heterocycles. The van der Waals surface area contributed by atoms with Crippen LogP contribution in [0.1, 0.15) is 23.6 Å². The van der Waals surface area contributed by atoms with E-state index in [1.54, 1.807) is 0 Å². The summed E-state index contributed by atoms with van der Waals surface area (Å²) in [6.45, 7) is 6.39. The van der Waals surface area contributed by atoms with Crippen LogP contribution in [0.25, 0.3) is 0 Å². The summed E-state index contributed by atoms with van der Waals surface area (Å²) in [5.74, 6) is 0.961. The Hall–Kier alpha value is -1.71. The second-order valence-corrected chi connectivity index (χ2v) is 3.35. The standard InChI is InChI=1S/C11H16N2O2/c1-4-15-10-6-7(2)9(5-8(10)3)11(12)13-14/h5-6,14H,4H2,1-3H3,(H2,12,13). The van der Waals surface area contributed by atoms with Gasteiger partial charge in [0, 0.05) is 5.56 Å². The van der Waals surface area contributed by atoms with Crippen molar-refractivity contribution in [3.05, 3.63) is 28.8 Å². The number of nitrogens with zero attached hydrogens (tertiary/aromatic N) is 1. The highest BCUT2D eigenvalue weighted by Crippen LogP contribution is 2.22. The van der Waals surface area contributed by atoms with Crippen LogP contribution in [-0.4, -0.2) is 17.6 Å². The maximum Gasteiger partial charge on any atom is 0.170 e. The van der Waals surface area contributed by atoms with Gasteiger partial charge in [-0.2, -0.15) is 0 Å². The molecule has 0 radical (unpaired) electrons. The molecule has 0 amide bonds. The Morgan fingerprint density at radius 2 is 2.07 bits per heavy atom. The molecule has 1 aromatic carbocycles. The number of nitrogens with two attached hydrogens (primary N) is 1. The van der Waals surface area contributed by atoms with Gasteiger partial charge in [0.15, 0.2) is 5.84 Å². The van der Waals surface area contributed by atoms with Gasteiger partial charge in [0.2, 0.25) is 0 Å². The van der Waals surface area contributed by atoms with Gasteiger partial charge in [-0.15, -0.1) is 0 Å². The number of rotatable bonds is 3. The van der Waals surface area contributed by atoms with Crippen LogP contribution >= 0.6 is 0 Å². The summed E-state index contributed by atoms with van der Waals surface area (Å²) >= 11 is 0. The lowest BCUT2D eigenvalue weighted by Gasteiger charge is -2.11. The Bertz CT molecular complexity index is 386. The Morgan fingerprint density at radius 1 is 1.40 bits per heavy atom. The fourth-order valence-electron chi connectivity index (χ4n) is 1.43. The smallest absolute Gasteiger partial charge is 0.170 e. The SMILES string of the molecule is CCOc1cc(C)c(/C(N)=N/O)cc1C. The van der Waals surface area contributed by atoms with Crippen molar-refractivity contribution in [1.82, 2.24) is 0 Å². The van der Waals surface area contributed by atoms with Gasteiger partial charge in [-0.25, -0.2) is 0 Å². The molecule has 0 heterocycles. The predicted octanol–water partition coefficient (Wildman–Crippen LogP) is 1.80. The molecule has 1 aromatic rings. The lowest BCUT2D eigenvalue weighted by Crippen LogP contribution is -2.15. The first-order chi connectivity index (χ1) is 7.10. The Balaban J connectivity index is 3.19. The summed E-state index contributed by atoms with van der Waals surface area (Å²) < 4.78 is 5.44. The molecule has 0 saturated carbocycles. The highest BCUT2D eigenvalue weighted by molar-refractivity contribution is 5.98. The first-order valence-corrected chi connectivity index (χ1v) is 4.82. The van der Waals surface area contributed by atoms with E-state index in [-0.39, 0.29) is 5.84 Å². The summed E-state index contributed by atoms with van der Waals surface area (Å²) in [5.41, 5.74) is 8.19. The molecular weight excluding hydrogens is 192 g/mol. The van der Waals surface area contributed by atoms with E-state index >= 15 is 0 Å². The fourth-order valence-corrected chi connectivity index (χ4v) is 1.43. The molecule has 15 heavy (non-hydrogen) atoms. The molecule has 0 unspecified atom stereocenters. The molecule has 0 aliphatic carbocycles. The average molecular weight is 208 g/mol. The monoisotopic (exact) mass is 208 g/mol. The van der Waals surface area contributed by atoms with Crippen molar-refractivity contribution in [2.45, 2.75) is 20.8 Å². The van der Waals surface area contributed by atoms with Crippen LogP contribution in [0.5, 0.6) is 5.75 Å². The van der Waals surface area contributed by atoms with Crippen LogP contribution in [0.15, 0.2) is 17.3 Å². The van der Waals surface area contributed by atoms with E-state index in [1.807, 2.05) is 32.9 Å². The van der Waals surface area contributed by atoms with E-state index < -0.39 is 0 Å². The maximum absolute atomic E-state index is 8.61. The van der Waals surface area contributed by atoms with Crippen molar-refractivity contribution in [1.29, 1.82) is 0 Å². The van der Waals surface area contributed by atoms with Crippen molar-refractivity contribution in [2.75, 3.05) is 6.61 Å². The second kappa shape index (κ2) is 4.68. The van der Waals surface area contributed by atoms with Gasteiger partial charge in [0.1, 0.15) is 5.75 Å². The zero-order chi connectivity index (χ0) is 11.4. The number of hydrogen-bond donors (Lipinski definition) is 2. The zero-order valence-corrected chi connectivity index (χ0v) is 9.24. The number of benzene rings is 1. The number of oxime groups is 1. The van der Waals surface area contributed by atoms with Crippen LogP contribution in [0.3, 0.4) is 0 Å². The van der Waals surface area contributed by atoms with E-state index in [9.17, 15) is 0 Å². The average Bonchev–Trinajstić information content (AvgIpc) is 2.22. The molecule has 0 saturated heterocycles. The molecule has 0 fully saturated rings. The molecule has 0 spiro atoms. The van der Waals surface area contributed by atoms with Crippen LogP contribution < -0.4 is 10.5 Å². The van der Waals surface area contributed by atoms with Crippen LogP contribution in [0, 0.1) is 13.8 Å². The first-order valence-electron chi connectivity index (χ1n) is 4.82. The van der Waals surface area contributed by atoms with Gasteiger partial charge in [0.25, 0.3) is 0 Å². The van der Waals surface area contributed by atoms with Gasteiger partial charge in [-0.05, 0) is 44.0 Å². The fraction of sp³-hybridized carbons (Fsp3) is 0.364. The number of aryl methyl sites for hydroxylation is 2. The largest absolute Gasteiger partial charge is 0.494 e. The van der Waals surface area contributed by atoms with Gasteiger partial charge < -0.3 is 15.7 Å². The molecule has 1 rings (SSSR count). The van der Waals surface area contributed by atoms with Crippen molar-refractivity contribution >= 4 is 5.84 Å². The lowest BCUT2D eigenvalue weighted by molar-refractivity contribution is 0.318. The third kappa shape index (κ3) is 2.40. The van der Waals surface area contributed by atoms with Crippen LogP contribution in [0.2, 0.25) is 0 Å². The van der Waals surface area contributed by atoms with E-state index in [0.29, 0.717) is 6.61 Å². The van der Waals surface area contributed by atoms with Crippen molar-refractivity contribution in [3.63, 3.8) is 0 Å². The quantitative estimate of drug-likeness (QED) is 0.344. The minimum atomic E-state index is 0.124. The number of hydrogen-bond acceptors (Lipinski definition) is 3. The zero-order valence-electron chi connectivity index (χ0n) is 9.24. The summed E-state index contributed by atoms with van der Waals surface area (Å²) in [5, 5.41) is 11.6. The summed E-state index contributed by atoms with van der Waals surface area (Å²) in [7, 11) is 0. The normalized spacial score (nSPS) is 11.5. The first kappa shape index (κ1) is 11.4. The predicted molar refractivity (Wildman–Crippen MR) is 59.6 cm³/mol. The second-order valence-electron chi connectivity index (χ2n) is 3.35. The molecular formula is C11H16N2O2. The highest BCUT2D eigenvalue weighted by Gasteiger charge is 2.08. The van der Waals surface area contributed by atoms with E-state index in [2.05, 4.69) is 5.16 Å². The van der Waals surface area contributed by atoms with Crippen LogP contribution in [-0.2, 0) is 0 Å². The number of ether oxygens (including phenoxy) is 1. The number of amidine groups is 1. The van der Waals surface area contributed by atoms with Gasteiger partial charge in [-0.1, -0.05) is 5.16 Å². The molecule has 0 bridgehead atoms. The van der Waals surface area contributed by atoms with Crippen molar-refractivity contribution in [3.8, 4) is 5.75 Å². The minimum Gasteiger partial charge on any atom is -0.494 e. The Morgan fingerprint density at radius 3 is 2.60 bits per heavy atom. The van der Waals surface area contributed by atoms with Gasteiger partial charge in [-0.3, -0.25) is 0 Å². The van der Waals surface area contributed by atoms with E-state index in [1.165, 1.54) is 0 Å². The van der Waals surface area contributed by atoms with Gasteiger partial charge in [0.05, 0.1) is 6.61 Å². The highest BCUT2D eigenvalue weighted by atomic mass is 16.5. The van der Waals surface area contributed by atoms with Crippen molar-refractivity contribution in [2.24, 2.45) is 10.9 Å². The topological polar surface area (TPSA) is 67.8 Å². The van der Waals surface area contributed by atoms with Crippen molar-refractivity contribution < 1.29 is 9.94 Å².